The average Bonchev–Trinajstić information content (AvgIpc) is 2.40. The number of rotatable bonds is 3. The molecular formula is C13H9BrClNO2. The Morgan fingerprint density at radius 2 is 2.00 bits per heavy atom. The van der Waals surface area contributed by atoms with Crippen LogP contribution in [-0.4, -0.2) is 11.0 Å². The minimum atomic E-state index is -0.435. The van der Waals surface area contributed by atoms with Crippen LogP contribution in [0.4, 0.5) is 0 Å². The molecule has 0 aliphatic carbocycles. The number of carbonyl (C=O) groups is 1. The summed E-state index contributed by atoms with van der Waals surface area (Å²) in [5.41, 5.74) is 1.30. The minimum absolute atomic E-state index is 0.228. The zero-order valence-corrected chi connectivity index (χ0v) is 11.6. The lowest BCUT2D eigenvalue weighted by atomic mass is 10.2. The van der Waals surface area contributed by atoms with Crippen LogP contribution in [0.1, 0.15) is 15.9 Å². The highest BCUT2D eigenvalue weighted by atomic mass is 79.9. The Balaban J connectivity index is 2.07. The third-order valence-electron chi connectivity index (χ3n) is 2.28. The summed E-state index contributed by atoms with van der Waals surface area (Å²) >= 11 is 9.02. The van der Waals surface area contributed by atoms with Gasteiger partial charge >= 0.3 is 5.97 Å². The number of hydrogen-bond donors (Lipinski definition) is 0. The van der Waals surface area contributed by atoms with E-state index in [1.54, 1.807) is 6.07 Å². The van der Waals surface area contributed by atoms with E-state index in [1.165, 1.54) is 6.20 Å². The Hall–Kier alpha value is -1.39. The van der Waals surface area contributed by atoms with Gasteiger partial charge in [-0.3, -0.25) is 0 Å². The van der Waals surface area contributed by atoms with Crippen LogP contribution in [0.2, 0.25) is 5.15 Å². The predicted octanol–water partition coefficient (Wildman–Crippen LogP) is 3.85. The van der Waals surface area contributed by atoms with Gasteiger partial charge in [-0.1, -0.05) is 41.9 Å². The summed E-state index contributed by atoms with van der Waals surface area (Å²) in [6, 6.07) is 11.0. The van der Waals surface area contributed by atoms with Gasteiger partial charge in [-0.25, -0.2) is 9.78 Å². The molecule has 0 fully saturated rings. The van der Waals surface area contributed by atoms with Crippen LogP contribution >= 0.6 is 27.5 Å². The predicted molar refractivity (Wildman–Crippen MR) is 72.5 cm³/mol. The van der Waals surface area contributed by atoms with E-state index in [4.69, 9.17) is 16.3 Å². The molecule has 0 aliphatic heterocycles. The highest BCUT2D eigenvalue weighted by Crippen LogP contribution is 2.24. The van der Waals surface area contributed by atoms with Crippen LogP contribution in [-0.2, 0) is 11.3 Å². The van der Waals surface area contributed by atoms with Crippen molar-refractivity contribution in [3.05, 3.63) is 63.3 Å². The Kier molecular flexibility index (Phi) is 4.33. The summed E-state index contributed by atoms with van der Waals surface area (Å²) in [6.07, 6.45) is 1.46. The van der Waals surface area contributed by atoms with Gasteiger partial charge in [-0.2, -0.15) is 0 Å². The van der Waals surface area contributed by atoms with Gasteiger partial charge in [0.25, 0.3) is 0 Å². The molecule has 0 saturated carbocycles. The van der Waals surface area contributed by atoms with E-state index in [1.807, 2.05) is 30.3 Å². The lowest BCUT2D eigenvalue weighted by Crippen LogP contribution is -2.06. The molecule has 2 aromatic rings. The SMILES string of the molecule is O=C(OCc1ccccc1)c1ccnc(Cl)c1Br. The molecule has 92 valence electrons. The van der Waals surface area contributed by atoms with Gasteiger partial charge in [0.1, 0.15) is 11.8 Å². The number of benzene rings is 1. The normalized spacial score (nSPS) is 10.1. The van der Waals surface area contributed by atoms with Gasteiger partial charge in [-0.15, -0.1) is 0 Å². The summed E-state index contributed by atoms with van der Waals surface area (Å²) in [5.74, 6) is -0.435. The second kappa shape index (κ2) is 5.98. The molecule has 0 unspecified atom stereocenters. The summed E-state index contributed by atoms with van der Waals surface area (Å²) in [5, 5.41) is 0.240. The summed E-state index contributed by atoms with van der Waals surface area (Å²) < 4.78 is 5.64. The topological polar surface area (TPSA) is 39.2 Å². The number of hydrogen-bond acceptors (Lipinski definition) is 3. The van der Waals surface area contributed by atoms with Crippen LogP contribution in [0.25, 0.3) is 0 Å². The zero-order chi connectivity index (χ0) is 13.0. The molecule has 0 spiro atoms. The highest BCUT2D eigenvalue weighted by Gasteiger charge is 2.14. The molecule has 0 aliphatic rings. The Morgan fingerprint density at radius 3 is 2.72 bits per heavy atom. The number of halogens is 2. The maximum Gasteiger partial charge on any atom is 0.339 e. The lowest BCUT2D eigenvalue weighted by molar-refractivity contribution is 0.0471. The third kappa shape index (κ3) is 3.09. The largest absolute Gasteiger partial charge is 0.457 e. The van der Waals surface area contributed by atoms with Crippen LogP contribution in [0, 0.1) is 0 Å². The Labute approximate surface area is 118 Å². The van der Waals surface area contributed by atoms with Crippen molar-refractivity contribution in [3.63, 3.8) is 0 Å². The van der Waals surface area contributed by atoms with Crippen LogP contribution in [0.15, 0.2) is 47.1 Å². The van der Waals surface area contributed by atoms with E-state index in [0.29, 0.717) is 10.0 Å². The number of carbonyl (C=O) groups excluding carboxylic acids is 1. The summed E-state index contributed by atoms with van der Waals surface area (Å²) in [7, 11) is 0. The van der Waals surface area contributed by atoms with E-state index >= 15 is 0 Å². The van der Waals surface area contributed by atoms with E-state index in [-0.39, 0.29) is 11.8 Å². The third-order valence-corrected chi connectivity index (χ3v) is 3.60. The molecule has 1 aromatic carbocycles. The fraction of sp³-hybridized carbons (Fsp3) is 0.0769. The van der Waals surface area contributed by atoms with Crippen LogP contribution < -0.4 is 0 Å². The van der Waals surface area contributed by atoms with E-state index in [0.717, 1.165) is 5.56 Å². The molecule has 1 aromatic heterocycles. The monoisotopic (exact) mass is 325 g/mol. The van der Waals surface area contributed by atoms with Crippen molar-refractivity contribution in [1.82, 2.24) is 4.98 Å². The summed E-state index contributed by atoms with van der Waals surface area (Å²) in [6.45, 7) is 0.228. The van der Waals surface area contributed by atoms with Crippen molar-refractivity contribution in [2.75, 3.05) is 0 Å². The molecule has 0 amide bonds. The molecule has 2 rings (SSSR count). The average molecular weight is 327 g/mol. The minimum Gasteiger partial charge on any atom is -0.457 e. The van der Waals surface area contributed by atoms with Gasteiger partial charge in [0.2, 0.25) is 0 Å². The molecule has 1 heterocycles. The second-order valence-electron chi connectivity index (χ2n) is 3.53. The summed E-state index contributed by atoms with van der Waals surface area (Å²) in [4.78, 5) is 15.7. The maximum atomic E-state index is 11.9. The van der Waals surface area contributed by atoms with Crippen molar-refractivity contribution < 1.29 is 9.53 Å². The van der Waals surface area contributed by atoms with E-state index in [2.05, 4.69) is 20.9 Å². The standard InChI is InChI=1S/C13H9BrClNO2/c14-11-10(6-7-16-12(11)15)13(17)18-8-9-4-2-1-3-5-9/h1-7H,8H2. The first-order valence-electron chi connectivity index (χ1n) is 5.19. The van der Waals surface area contributed by atoms with Crippen molar-refractivity contribution in [2.24, 2.45) is 0 Å². The first-order chi connectivity index (χ1) is 8.68. The number of pyridine rings is 1. The zero-order valence-electron chi connectivity index (χ0n) is 9.27. The second-order valence-corrected chi connectivity index (χ2v) is 4.68. The van der Waals surface area contributed by atoms with Crippen LogP contribution in [0.3, 0.4) is 0 Å². The van der Waals surface area contributed by atoms with Crippen molar-refractivity contribution in [1.29, 1.82) is 0 Å². The van der Waals surface area contributed by atoms with Gasteiger partial charge in [0, 0.05) is 6.20 Å². The first kappa shape index (κ1) is 13.1. The molecule has 3 nitrogen and oxygen atoms in total. The molecule has 18 heavy (non-hydrogen) atoms. The smallest absolute Gasteiger partial charge is 0.339 e. The molecule has 0 bridgehead atoms. The number of esters is 1. The Morgan fingerprint density at radius 1 is 1.28 bits per heavy atom. The van der Waals surface area contributed by atoms with E-state index in [9.17, 15) is 4.79 Å². The molecular weight excluding hydrogens is 318 g/mol. The maximum absolute atomic E-state index is 11.9. The van der Waals surface area contributed by atoms with Gasteiger partial charge in [-0.05, 0) is 27.6 Å². The van der Waals surface area contributed by atoms with Crippen molar-refractivity contribution in [3.8, 4) is 0 Å². The number of nitrogens with zero attached hydrogens (tertiary/aromatic N) is 1. The highest BCUT2D eigenvalue weighted by molar-refractivity contribution is 9.10. The van der Waals surface area contributed by atoms with Gasteiger partial charge in [0.05, 0.1) is 10.0 Å². The van der Waals surface area contributed by atoms with E-state index < -0.39 is 5.97 Å². The molecule has 0 N–H and O–H groups in total. The lowest BCUT2D eigenvalue weighted by Gasteiger charge is -2.06. The van der Waals surface area contributed by atoms with Gasteiger partial charge < -0.3 is 4.74 Å². The molecule has 0 saturated heterocycles. The first-order valence-corrected chi connectivity index (χ1v) is 6.36. The fourth-order valence-corrected chi connectivity index (χ4v) is 1.93. The fourth-order valence-electron chi connectivity index (χ4n) is 1.38. The molecule has 0 atom stereocenters. The number of ether oxygens (including phenoxy) is 1. The quantitative estimate of drug-likeness (QED) is 0.635. The van der Waals surface area contributed by atoms with Crippen LogP contribution in [0.5, 0.6) is 0 Å². The molecule has 5 heteroatoms. The molecule has 0 radical (unpaired) electrons. The van der Waals surface area contributed by atoms with Crippen molar-refractivity contribution >= 4 is 33.5 Å². The Bertz CT molecular complexity index is 560. The van der Waals surface area contributed by atoms with Gasteiger partial charge in [0.15, 0.2) is 0 Å². The van der Waals surface area contributed by atoms with Crippen molar-refractivity contribution in [2.45, 2.75) is 6.61 Å². The number of aromatic nitrogens is 1.